The van der Waals surface area contributed by atoms with Crippen LogP contribution in [0.2, 0.25) is 0 Å². The lowest BCUT2D eigenvalue weighted by Crippen LogP contribution is -2.34. The molecule has 0 saturated carbocycles. The smallest absolute Gasteiger partial charge is 0.311 e. The lowest BCUT2D eigenvalue weighted by Gasteiger charge is -2.30. The van der Waals surface area contributed by atoms with E-state index in [9.17, 15) is 4.79 Å². The molecule has 0 amide bonds. The van der Waals surface area contributed by atoms with Crippen LogP contribution in [0.15, 0.2) is 24.4 Å². The summed E-state index contributed by atoms with van der Waals surface area (Å²) in [6.45, 7) is 1.98. The molecule has 2 aromatic heterocycles. The number of fused-ring (bicyclic) bond motifs is 3. The molecule has 0 saturated heterocycles. The van der Waals surface area contributed by atoms with Crippen LogP contribution in [0.25, 0.3) is 5.52 Å². The second kappa shape index (κ2) is 3.83. The van der Waals surface area contributed by atoms with Crippen LogP contribution in [0.3, 0.4) is 0 Å². The molecule has 0 radical (unpaired) electrons. The van der Waals surface area contributed by atoms with Crippen LogP contribution in [0.5, 0.6) is 0 Å². The summed E-state index contributed by atoms with van der Waals surface area (Å²) >= 11 is 0. The van der Waals surface area contributed by atoms with E-state index in [1.807, 2.05) is 29.8 Å². The molecule has 0 N–H and O–H groups in total. The Morgan fingerprint density at radius 2 is 2.33 bits per heavy atom. The molecule has 0 fully saturated rings. The van der Waals surface area contributed by atoms with Gasteiger partial charge in [-0.2, -0.15) is 5.10 Å². The number of rotatable bonds is 1. The monoisotopic (exact) mass is 244 g/mol. The molecule has 0 bridgehead atoms. The molecule has 1 unspecified atom stereocenters. The van der Waals surface area contributed by atoms with E-state index in [-0.39, 0.29) is 5.97 Å². The summed E-state index contributed by atoms with van der Waals surface area (Å²) in [5.41, 5.74) is 2.99. The Morgan fingerprint density at radius 1 is 1.50 bits per heavy atom. The highest BCUT2D eigenvalue weighted by Gasteiger charge is 2.39. The van der Waals surface area contributed by atoms with Gasteiger partial charge >= 0.3 is 5.97 Å². The quantitative estimate of drug-likeness (QED) is 0.721. The van der Waals surface area contributed by atoms with Crippen LogP contribution in [0, 0.1) is 5.41 Å². The largest absolute Gasteiger partial charge is 0.469 e. The summed E-state index contributed by atoms with van der Waals surface area (Å²) in [7, 11) is 1.46. The second-order valence-corrected chi connectivity index (χ2v) is 5.18. The van der Waals surface area contributed by atoms with Gasteiger partial charge in [-0.05, 0) is 38.3 Å². The molecular weight excluding hydrogens is 228 g/mol. The van der Waals surface area contributed by atoms with Crippen molar-refractivity contribution in [3.8, 4) is 0 Å². The number of pyridine rings is 1. The summed E-state index contributed by atoms with van der Waals surface area (Å²) in [5.74, 6) is -0.122. The van der Waals surface area contributed by atoms with Gasteiger partial charge in [-0.3, -0.25) is 4.79 Å². The molecule has 0 aliphatic heterocycles. The number of hydrogen-bond acceptors (Lipinski definition) is 3. The topological polar surface area (TPSA) is 43.6 Å². The number of methoxy groups -OCH3 is 1. The highest BCUT2D eigenvalue weighted by Crippen LogP contribution is 2.37. The van der Waals surface area contributed by atoms with Crippen molar-refractivity contribution in [1.29, 1.82) is 0 Å². The molecule has 1 atom stereocenters. The molecule has 3 rings (SSSR count). The summed E-state index contributed by atoms with van der Waals surface area (Å²) in [4.78, 5) is 11.9. The molecule has 0 aromatic carbocycles. The van der Waals surface area contributed by atoms with E-state index < -0.39 is 5.41 Å². The molecule has 2 aromatic rings. The van der Waals surface area contributed by atoms with E-state index in [4.69, 9.17) is 4.74 Å². The summed E-state index contributed by atoms with van der Waals surface area (Å²) in [6.07, 6.45) is 4.30. The predicted octanol–water partition coefficient (Wildman–Crippen LogP) is 2.00. The van der Waals surface area contributed by atoms with Gasteiger partial charge in [-0.1, -0.05) is 6.07 Å². The zero-order valence-electron chi connectivity index (χ0n) is 10.6. The lowest BCUT2D eigenvalue weighted by molar-refractivity contribution is -0.152. The average molecular weight is 244 g/mol. The van der Waals surface area contributed by atoms with Crippen LogP contribution in [-0.2, 0) is 22.4 Å². The van der Waals surface area contributed by atoms with Crippen molar-refractivity contribution < 1.29 is 9.53 Å². The van der Waals surface area contributed by atoms with Crippen molar-refractivity contribution in [1.82, 2.24) is 9.61 Å². The number of carbonyl (C=O) groups is 1. The number of carbonyl (C=O) groups excluding carboxylic acids is 1. The molecule has 4 nitrogen and oxygen atoms in total. The molecule has 1 aliphatic carbocycles. The third kappa shape index (κ3) is 1.52. The molecule has 2 heterocycles. The summed E-state index contributed by atoms with van der Waals surface area (Å²) in [5, 5.41) is 4.57. The Labute approximate surface area is 106 Å². The molecule has 0 spiro atoms. The number of ether oxygens (including phenoxy) is 1. The van der Waals surface area contributed by atoms with E-state index in [1.54, 1.807) is 0 Å². The highest BCUT2D eigenvalue weighted by atomic mass is 16.5. The Bertz CT molecular complexity index is 617. The van der Waals surface area contributed by atoms with Gasteiger partial charge in [0.2, 0.25) is 0 Å². The van der Waals surface area contributed by atoms with Gasteiger partial charge in [0.25, 0.3) is 0 Å². The lowest BCUT2D eigenvalue weighted by atomic mass is 9.74. The summed E-state index contributed by atoms with van der Waals surface area (Å²) < 4.78 is 6.83. The number of esters is 1. The fraction of sp³-hybridized carbons (Fsp3) is 0.429. The molecule has 4 heteroatoms. The van der Waals surface area contributed by atoms with Gasteiger partial charge in [-0.25, -0.2) is 4.52 Å². The highest BCUT2D eigenvalue weighted by molar-refractivity contribution is 5.78. The second-order valence-electron chi connectivity index (χ2n) is 5.18. The van der Waals surface area contributed by atoms with Crippen molar-refractivity contribution in [2.24, 2.45) is 5.41 Å². The minimum atomic E-state index is -0.416. The SMILES string of the molecule is COC(=O)C1(C)CCc2nn3ccccc3c2C1. The van der Waals surface area contributed by atoms with E-state index in [0.717, 1.165) is 24.1 Å². The number of hydrogen-bond donors (Lipinski definition) is 0. The van der Waals surface area contributed by atoms with Gasteiger partial charge in [-0.15, -0.1) is 0 Å². The molecule has 1 aliphatic rings. The Hall–Kier alpha value is -1.84. The average Bonchev–Trinajstić information content (AvgIpc) is 2.75. The zero-order valence-corrected chi connectivity index (χ0v) is 10.6. The number of aryl methyl sites for hydroxylation is 1. The Morgan fingerprint density at radius 3 is 3.11 bits per heavy atom. The van der Waals surface area contributed by atoms with Crippen LogP contribution in [-0.4, -0.2) is 22.7 Å². The van der Waals surface area contributed by atoms with Gasteiger partial charge < -0.3 is 4.74 Å². The van der Waals surface area contributed by atoms with Crippen LogP contribution in [0.4, 0.5) is 0 Å². The predicted molar refractivity (Wildman–Crippen MR) is 67.3 cm³/mol. The van der Waals surface area contributed by atoms with Gasteiger partial charge in [0.05, 0.1) is 23.7 Å². The first-order valence-corrected chi connectivity index (χ1v) is 6.17. The van der Waals surface area contributed by atoms with Gasteiger partial charge in [0.15, 0.2) is 0 Å². The van der Waals surface area contributed by atoms with E-state index in [0.29, 0.717) is 6.42 Å². The van der Waals surface area contributed by atoms with E-state index in [1.165, 1.54) is 12.7 Å². The fourth-order valence-corrected chi connectivity index (χ4v) is 2.79. The first-order valence-electron chi connectivity index (χ1n) is 6.17. The van der Waals surface area contributed by atoms with E-state index in [2.05, 4.69) is 11.2 Å². The van der Waals surface area contributed by atoms with Crippen molar-refractivity contribution in [2.75, 3.05) is 7.11 Å². The van der Waals surface area contributed by atoms with Gasteiger partial charge in [0, 0.05) is 11.8 Å². The third-order valence-electron chi connectivity index (χ3n) is 3.88. The molecule has 94 valence electrons. The maximum atomic E-state index is 11.9. The maximum Gasteiger partial charge on any atom is 0.311 e. The first-order chi connectivity index (χ1) is 8.64. The molecular formula is C14H16N2O2. The van der Waals surface area contributed by atoms with Crippen LogP contribution in [0.1, 0.15) is 24.6 Å². The van der Waals surface area contributed by atoms with Crippen molar-refractivity contribution in [2.45, 2.75) is 26.2 Å². The van der Waals surface area contributed by atoms with Crippen LogP contribution >= 0.6 is 0 Å². The number of aromatic nitrogens is 2. The van der Waals surface area contributed by atoms with Crippen molar-refractivity contribution >= 4 is 11.5 Å². The van der Waals surface area contributed by atoms with Crippen molar-refractivity contribution in [3.63, 3.8) is 0 Å². The summed E-state index contributed by atoms with van der Waals surface area (Å²) in [6, 6.07) is 6.02. The maximum absolute atomic E-state index is 11.9. The Kier molecular flexibility index (Phi) is 2.40. The zero-order chi connectivity index (χ0) is 12.8. The van der Waals surface area contributed by atoms with Crippen LogP contribution < -0.4 is 0 Å². The minimum absolute atomic E-state index is 0.122. The normalized spacial score (nSPS) is 22.8. The Balaban J connectivity index is 2.09. The standard InChI is InChI=1S/C14H16N2O2/c1-14(13(17)18-2)7-6-11-10(9-14)12-5-3-4-8-16(12)15-11/h3-5,8H,6-7,9H2,1-2H3. The number of nitrogens with zero attached hydrogens (tertiary/aromatic N) is 2. The molecule has 18 heavy (non-hydrogen) atoms. The first kappa shape index (κ1) is 11.3. The van der Waals surface area contributed by atoms with Gasteiger partial charge in [0.1, 0.15) is 0 Å². The fourth-order valence-electron chi connectivity index (χ4n) is 2.79. The third-order valence-corrected chi connectivity index (χ3v) is 3.88. The van der Waals surface area contributed by atoms with Crippen molar-refractivity contribution in [3.05, 3.63) is 35.7 Å². The minimum Gasteiger partial charge on any atom is -0.469 e. The van der Waals surface area contributed by atoms with E-state index >= 15 is 0 Å².